The molecule has 100 valence electrons. The van der Waals surface area contributed by atoms with Crippen molar-refractivity contribution in [3.8, 4) is 0 Å². The maximum atomic E-state index is 12.7. The summed E-state index contributed by atoms with van der Waals surface area (Å²) in [4.78, 5) is 1.91. The molecule has 0 saturated carbocycles. The van der Waals surface area contributed by atoms with Gasteiger partial charge in [-0.3, -0.25) is 4.90 Å². The topological polar surface area (TPSA) is 3.24 Å². The average Bonchev–Trinajstić information content (AvgIpc) is 2.31. The lowest BCUT2D eigenvalue weighted by Gasteiger charge is -2.33. The molecule has 0 radical (unpaired) electrons. The van der Waals surface area contributed by atoms with E-state index in [-0.39, 0.29) is 13.0 Å². The maximum Gasteiger partial charge on any atom is 0.393 e. The SMILES string of the molecule is FC(F)(F)C1CCCN(Cc2ccc(I)cc2)C1. The van der Waals surface area contributed by atoms with Crippen molar-refractivity contribution in [2.45, 2.75) is 25.6 Å². The van der Waals surface area contributed by atoms with Gasteiger partial charge in [0.1, 0.15) is 0 Å². The second-order valence-corrected chi connectivity index (χ2v) is 5.99. The highest BCUT2D eigenvalue weighted by Crippen LogP contribution is 2.33. The first-order valence-electron chi connectivity index (χ1n) is 5.98. The molecular formula is C13H15F3IN. The Bertz CT molecular complexity index is 388. The summed E-state index contributed by atoms with van der Waals surface area (Å²) >= 11 is 2.22. The van der Waals surface area contributed by atoms with Gasteiger partial charge in [0.15, 0.2) is 0 Å². The van der Waals surface area contributed by atoms with Gasteiger partial charge in [-0.25, -0.2) is 0 Å². The number of rotatable bonds is 2. The van der Waals surface area contributed by atoms with Crippen LogP contribution < -0.4 is 0 Å². The Morgan fingerprint density at radius 1 is 1.22 bits per heavy atom. The van der Waals surface area contributed by atoms with E-state index in [9.17, 15) is 13.2 Å². The number of alkyl halides is 3. The first kappa shape index (κ1) is 14.1. The Balaban J connectivity index is 1.95. The number of nitrogens with zero attached hydrogens (tertiary/aromatic N) is 1. The van der Waals surface area contributed by atoms with Gasteiger partial charge in [-0.1, -0.05) is 12.1 Å². The number of hydrogen-bond donors (Lipinski definition) is 0. The zero-order chi connectivity index (χ0) is 13.2. The van der Waals surface area contributed by atoms with Crippen molar-refractivity contribution in [2.75, 3.05) is 13.1 Å². The minimum absolute atomic E-state index is 0.134. The molecule has 0 bridgehead atoms. The second-order valence-electron chi connectivity index (χ2n) is 4.74. The largest absolute Gasteiger partial charge is 0.393 e. The Morgan fingerprint density at radius 3 is 2.50 bits per heavy atom. The minimum atomic E-state index is -4.05. The molecule has 2 rings (SSSR count). The smallest absolute Gasteiger partial charge is 0.298 e. The van der Waals surface area contributed by atoms with Gasteiger partial charge in [-0.2, -0.15) is 13.2 Å². The molecule has 0 aliphatic carbocycles. The summed E-state index contributed by atoms with van der Waals surface area (Å²) < 4.78 is 39.2. The van der Waals surface area contributed by atoms with Crippen LogP contribution in [0.2, 0.25) is 0 Å². The second kappa shape index (κ2) is 5.77. The maximum absolute atomic E-state index is 12.7. The number of benzene rings is 1. The van der Waals surface area contributed by atoms with Crippen LogP contribution in [0.1, 0.15) is 18.4 Å². The summed E-state index contributed by atoms with van der Waals surface area (Å²) in [6.07, 6.45) is -3.15. The van der Waals surface area contributed by atoms with E-state index in [1.807, 2.05) is 29.2 Å². The van der Waals surface area contributed by atoms with Gasteiger partial charge in [0, 0.05) is 16.7 Å². The van der Waals surface area contributed by atoms with E-state index in [1.54, 1.807) is 0 Å². The molecule has 1 aromatic rings. The van der Waals surface area contributed by atoms with Crippen LogP contribution in [0.4, 0.5) is 13.2 Å². The van der Waals surface area contributed by atoms with Crippen LogP contribution in [0.5, 0.6) is 0 Å². The van der Waals surface area contributed by atoms with Crippen molar-refractivity contribution < 1.29 is 13.2 Å². The molecule has 0 spiro atoms. The van der Waals surface area contributed by atoms with Crippen molar-refractivity contribution >= 4 is 22.6 Å². The number of hydrogen-bond acceptors (Lipinski definition) is 1. The summed E-state index contributed by atoms with van der Waals surface area (Å²) in [5.74, 6) is -1.16. The summed E-state index contributed by atoms with van der Waals surface area (Å²) in [7, 11) is 0. The molecule has 1 unspecified atom stereocenters. The summed E-state index contributed by atoms with van der Waals surface area (Å²) in [5.41, 5.74) is 1.08. The molecule has 1 aliphatic heterocycles. The van der Waals surface area contributed by atoms with Crippen LogP contribution in [0.15, 0.2) is 24.3 Å². The molecule has 0 amide bonds. The van der Waals surface area contributed by atoms with Crippen molar-refractivity contribution in [1.29, 1.82) is 0 Å². The molecule has 1 aromatic carbocycles. The standard InChI is InChI=1S/C13H15F3IN/c14-13(15,16)11-2-1-7-18(9-11)8-10-3-5-12(17)6-4-10/h3-6,11H,1-2,7-9H2. The summed E-state index contributed by atoms with van der Waals surface area (Å²) in [6, 6.07) is 7.94. The average molecular weight is 369 g/mol. The lowest BCUT2D eigenvalue weighted by atomic mass is 9.97. The summed E-state index contributed by atoms with van der Waals surface area (Å²) in [5, 5.41) is 0. The third-order valence-electron chi connectivity index (χ3n) is 3.29. The fraction of sp³-hybridized carbons (Fsp3) is 0.538. The third kappa shape index (κ3) is 3.85. The Kier molecular flexibility index (Phi) is 4.53. The van der Waals surface area contributed by atoms with E-state index in [2.05, 4.69) is 22.6 Å². The molecule has 1 aliphatic rings. The van der Waals surface area contributed by atoms with Crippen LogP contribution >= 0.6 is 22.6 Å². The highest BCUT2D eigenvalue weighted by molar-refractivity contribution is 14.1. The molecule has 18 heavy (non-hydrogen) atoms. The lowest BCUT2D eigenvalue weighted by Crippen LogP contribution is -2.41. The molecule has 1 atom stereocenters. The van der Waals surface area contributed by atoms with Crippen molar-refractivity contribution in [1.82, 2.24) is 4.90 Å². The molecule has 0 N–H and O–H groups in total. The monoisotopic (exact) mass is 369 g/mol. The molecule has 5 heteroatoms. The lowest BCUT2D eigenvalue weighted by molar-refractivity contribution is -0.187. The van der Waals surface area contributed by atoms with Gasteiger partial charge >= 0.3 is 6.18 Å². The number of halogens is 4. The number of likely N-dealkylation sites (tertiary alicyclic amines) is 1. The third-order valence-corrected chi connectivity index (χ3v) is 4.01. The van der Waals surface area contributed by atoms with Crippen molar-refractivity contribution in [3.63, 3.8) is 0 Å². The van der Waals surface area contributed by atoms with Crippen LogP contribution in [0.25, 0.3) is 0 Å². The fourth-order valence-corrected chi connectivity index (χ4v) is 2.67. The molecule has 1 nitrogen and oxygen atoms in total. The molecule has 1 saturated heterocycles. The van der Waals surface area contributed by atoms with Crippen LogP contribution in [0, 0.1) is 9.49 Å². The molecule has 1 fully saturated rings. The molecule has 0 aromatic heterocycles. The fourth-order valence-electron chi connectivity index (χ4n) is 2.31. The highest BCUT2D eigenvalue weighted by Gasteiger charge is 2.41. The van der Waals surface area contributed by atoms with Crippen LogP contribution in [-0.4, -0.2) is 24.2 Å². The molecule has 1 heterocycles. The zero-order valence-electron chi connectivity index (χ0n) is 9.88. The molecular weight excluding hydrogens is 354 g/mol. The summed E-state index contributed by atoms with van der Waals surface area (Å²) in [6.45, 7) is 1.51. The Labute approximate surface area is 118 Å². The van der Waals surface area contributed by atoms with Gasteiger partial charge < -0.3 is 0 Å². The van der Waals surface area contributed by atoms with E-state index in [4.69, 9.17) is 0 Å². The highest BCUT2D eigenvalue weighted by atomic mass is 127. The van der Waals surface area contributed by atoms with E-state index < -0.39 is 12.1 Å². The Hall–Kier alpha value is -0.300. The minimum Gasteiger partial charge on any atom is -0.298 e. The first-order valence-corrected chi connectivity index (χ1v) is 7.06. The first-order chi connectivity index (χ1) is 8.45. The van der Waals surface area contributed by atoms with E-state index >= 15 is 0 Å². The van der Waals surface area contributed by atoms with Gasteiger partial charge in [-0.15, -0.1) is 0 Å². The van der Waals surface area contributed by atoms with Crippen LogP contribution in [-0.2, 0) is 6.54 Å². The van der Waals surface area contributed by atoms with Crippen LogP contribution in [0.3, 0.4) is 0 Å². The Morgan fingerprint density at radius 2 is 1.89 bits per heavy atom. The van der Waals surface area contributed by atoms with Gasteiger partial charge in [-0.05, 0) is 59.7 Å². The van der Waals surface area contributed by atoms with Gasteiger partial charge in [0.2, 0.25) is 0 Å². The normalized spacial score (nSPS) is 22.1. The number of piperidine rings is 1. The predicted octanol–water partition coefficient (Wildman–Crippen LogP) is 4.07. The van der Waals surface area contributed by atoms with Crippen molar-refractivity contribution in [2.24, 2.45) is 5.92 Å². The van der Waals surface area contributed by atoms with Gasteiger partial charge in [0.05, 0.1) is 5.92 Å². The quantitative estimate of drug-likeness (QED) is 0.711. The predicted molar refractivity (Wildman–Crippen MR) is 73.2 cm³/mol. The van der Waals surface area contributed by atoms with Crippen molar-refractivity contribution in [3.05, 3.63) is 33.4 Å². The van der Waals surface area contributed by atoms with E-state index in [1.165, 1.54) is 0 Å². The van der Waals surface area contributed by atoms with E-state index in [0.717, 1.165) is 15.7 Å². The van der Waals surface area contributed by atoms with Gasteiger partial charge in [0.25, 0.3) is 0 Å². The van der Waals surface area contributed by atoms with E-state index in [0.29, 0.717) is 13.0 Å². The zero-order valence-corrected chi connectivity index (χ0v) is 12.0.